The Morgan fingerprint density at radius 2 is 2.00 bits per heavy atom. The third kappa shape index (κ3) is 2.96. The van der Waals surface area contributed by atoms with Gasteiger partial charge in [-0.25, -0.2) is 15.0 Å². The first-order valence-corrected chi connectivity index (χ1v) is 8.34. The van der Waals surface area contributed by atoms with E-state index in [2.05, 4.69) is 43.1 Å². The van der Waals surface area contributed by atoms with Gasteiger partial charge in [-0.2, -0.15) is 5.10 Å². The molecule has 0 aliphatic heterocycles. The van der Waals surface area contributed by atoms with Crippen LogP contribution in [0.25, 0.3) is 33.4 Å². The van der Waals surface area contributed by atoms with Crippen molar-refractivity contribution in [3.8, 4) is 22.4 Å². The van der Waals surface area contributed by atoms with Gasteiger partial charge >= 0.3 is 0 Å². The van der Waals surface area contributed by atoms with E-state index in [1.54, 1.807) is 6.20 Å². The Morgan fingerprint density at radius 3 is 2.80 bits per heavy atom. The summed E-state index contributed by atoms with van der Waals surface area (Å²) in [5.74, 6) is 0.303. The van der Waals surface area contributed by atoms with Crippen LogP contribution in [0.3, 0.4) is 0 Å². The number of nitrogens with zero attached hydrogens (tertiary/aromatic N) is 4. The number of hydrogen-bond donors (Lipinski definition) is 3. The zero-order chi connectivity index (χ0) is 17.2. The zero-order valence-electron chi connectivity index (χ0n) is 14.0. The molecule has 0 fully saturated rings. The summed E-state index contributed by atoms with van der Waals surface area (Å²) in [5, 5.41) is 7.83. The Hall–Kier alpha value is -3.22. The van der Waals surface area contributed by atoms with Gasteiger partial charge in [0.2, 0.25) is 5.95 Å². The minimum absolute atomic E-state index is 0.303. The van der Waals surface area contributed by atoms with E-state index in [-0.39, 0.29) is 0 Å². The summed E-state index contributed by atoms with van der Waals surface area (Å²) in [6.45, 7) is 2.16. The topological polar surface area (TPSA) is 109 Å². The minimum atomic E-state index is 0.303. The summed E-state index contributed by atoms with van der Waals surface area (Å²) < 4.78 is 0. The van der Waals surface area contributed by atoms with Gasteiger partial charge in [-0.05, 0) is 25.0 Å². The summed E-state index contributed by atoms with van der Waals surface area (Å²) in [7, 11) is 0. The summed E-state index contributed by atoms with van der Waals surface area (Å²) >= 11 is 0. The number of rotatable bonds is 5. The van der Waals surface area contributed by atoms with Crippen LogP contribution in [-0.2, 0) is 6.42 Å². The Labute approximate surface area is 144 Å². The molecule has 0 aliphatic rings. The van der Waals surface area contributed by atoms with Gasteiger partial charge in [0.05, 0.1) is 11.9 Å². The van der Waals surface area contributed by atoms with E-state index in [4.69, 9.17) is 5.73 Å². The van der Waals surface area contributed by atoms with Gasteiger partial charge < -0.3 is 10.7 Å². The van der Waals surface area contributed by atoms with Crippen molar-refractivity contribution in [2.24, 2.45) is 0 Å². The van der Waals surface area contributed by atoms with Gasteiger partial charge in [-0.15, -0.1) is 0 Å². The highest BCUT2D eigenvalue weighted by Gasteiger charge is 2.12. The van der Waals surface area contributed by atoms with E-state index in [1.807, 2.05) is 24.7 Å². The van der Waals surface area contributed by atoms with Crippen LogP contribution in [-0.4, -0.2) is 30.1 Å². The normalized spacial score (nSPS) is 11.2. The highest BCUT2D eigenvalue weighted by Crippen LogP contribution is 2.30. The van der Waals surface area contributed by atoms with Crippen molar-refractivity contribution in [1.82, 2.24) is 30.1 Å². The Bertz CT molecular complexity index is 1000. The largest absolute Gasteiger partial charge is 0.368 e. The molecule has 0 saturated carbocycles. The maximum absolute atomic E-state index is 5.93. The van der Waals surface area contributed by atoms with Gasteiger partial charge in [0.25, 0.3) is 0 Å². The molecule has 0 aromatic carbocycles. The van der Waals surface area contributed by atoms with Gasteiger partial charge in [0, 0.05) is 46.4 Å². The molecule has 4 aromatic heterocycles. The lowest BCUT2D eigenvalue weighted by Gasteiger charge is -2.05. The fourth-order valence-electron chi connectivity index (χ4n) is 2.92. The van der Waals surface area contributed by atoms with Gasteiger partial charge in [0.1, 0.15) is 5.65 Å². The number of nitrogens with two attached hydrogens (primary N) is 1. The smallest absolute Gasteiger partial charge is 0.220 e. The molecule has 7 heteroatoms. The van der Waals surface area contributed by atoms with Gasteiger partial charge in [0.15, 0.2) is 0 Å². The van der Waals surface area contributed by atoms with E-state index in [9.17, 15) is 0 Å². The first kappa shape index (κ1) is 15.3. The van der Waals surface area contributed by atoms with Gasteiger partial charge in [-0.3, -0.25) is 5.10 Å². The third-order valence-electron chi connectivity index (χ3n) is 4.22. The second-order valence-corrected chi connectivity index (χ2v) is 6.02. The number of hydrogen-bond acceptors (Lipinski definition) is 5. The van der Waals surface area contributed by atoms with E-state index in [1.165, 1.54) is 0 Å². The number of aromatic nitrogens is 6. The highest BCUT2D eigenvalue weighted by atomic mass is 15.1. The van der Waals surface area contributed by atoms with Crippen molar-refractivity contribution in [3.63, 3.8) is 0 Å². The Kier molecular flexibility index (Phi) is 3.89. The van der Waals surface area contributed by atoms with Crippen LogP contribution in [0.2, 0.25) is 0 Å². The second kappa shape index (κ2) is 6.35. The molecule has 0 atom stereocenters. The highest BCUT2D eigenvalue weighted by molar-refractivity contribution is 5.95. The average molecular weight is 333 g/mol. The van der Waals surface area contributed by atoms with Gasteiger partial charge in [-0.1, -0.05) is 13.3 Å². The van der Waals surface area contributed by atoms with E-state index >= 15 is 0 Å². The number of unbranched alkanes of at least 4 members (excludes halogenated alkanes) is 1. The first-order chi connectivity index (χ1) is 12.2. The molecule has 4 heterocycles. The van der Waals surface area contributed by atoms with E-state index in [0.717, 1.165) is 58.4 Å². The van der Waals surface area contributed by atoms with E-state index in [0.29, 0.717) is 5.95 Å². The van der Waals surface area contributed by atoms with Crippen molar-refractivity contribution in [2.75, 3.05) is 5.73 Å². The van der Waals surface area contributed by atoms with Crippen LogP contribution in [0.4, 0.5) is 5.95 Å². The number of H-pyrrole nitrogens is 2. The Morgan fingerprint density at radius 1 is 1.08 bits per heavy atom. The molecule has 126 valence electrons. The maximum Gasteiger partial charge on any atom is 0.220 e. The quantitative estimate of drug-likeness (QED) is 0.519. The van der Waals surface area contributed by atoms with Crippen LogP contribution < -0.4 is 5.73 Å². The minimum Gasteiger partial charge on any atom is -0.368 e. The second-order valence-electron chi connectivity index (χ2n) is 6.02. The summed E-state index contributed by atoms with van der Waals surface area (Å²) in [5.41, 5.74) is 11.5. The van der Waals surface area contributed by atoms with Crippen molar-refractivity contribution in [2.45, 2.75) is 26.2 Å². The fraction of sp³-hybridized carbons (Fsp3) is 0.222. The molecule has 4 rings (SSSR count). The third-order valence-corrected chi connectivity index (χ3v) is 4.22. The molecule has 25 heavy (non-hydrogen) atoms. The van der Waals surface area contributed by atoms with Crippen molar-refractivity contribution in [1.29, 1.82) is 0 Å². The molecule has 0 saturated heterocycles. The van der Waals surface area contributed by atoms with Crippen molar-refractivity contribution in [3.05, 3.63) is 42.6 Å². The standard InChI is InChI=1S/C18H19N7/c1-2-3-4-13-6-16(25-18(19)24-13)15-10-21-17-14(15)5-11(7-20-17)12-8-22-23-9-12/h5-10H,2-4H2,1H3,(H,20,21)(H,22,23)(H2,19,24,25). The summed E-state index contributed by atoms with van der Waals surface area (Å²) in [6, 6.07) is 4.10. The predicted octanol–water partition coefficient (Wildman–Crippen LogP) is 3.33. The number of anilines is 1. The molecule has 0 radical (unpaired) electrons. The zero-order valence-corrected chi connectivity index (χ0v) is 14.0. The van der Waals surface area contributed by atoms with Crippen LogP contribution in [0.15, 0.2) is 36.9 Å². The van der Waals surface area contributed by atoms with Crippen LogP contribution in [0.5, 0.6) is 0 Å². The van der Waals surface area contributed by atoms with Crippen LogP contribution in [0.1, 0.15) is 25.5 Å². The lowest BCUT2D eigenvalue weighted by molar-refractivity contribution is 0.775. The van der Waals surface area contributed by atoms with Crippen molar-refractivity contribution < 1.29 is 0 Å². The molecule has 0 unspecified atom stereocenters. The lowest BCUT2D eigenvalue weighted by Crippen LogP contribution is -2.01. The van der Waals surface area contributed by atoms with E-state index < -0.39 is 0 Å². The molecule has 0 bridgehead atoms. The van der Waals surface area contributed by atoms with Crippen molar-refractivity contribution >= 4 is 17.0 Å². The number of nitrogens with one attached hydrogen (secondary N) is 2. The van der Waals surface area contributed by atoms with Crippen LogP contribution in [0, 0.1) is 0 Å². The molecule has 7 nitrogen and oxygen atoms in total. The number of aryl methyl sites for hydroxylation is 1. The molecular formula is C18H19N7. The molecule has 0 aliphatic carbocycles. The molecular weight excluding hydrogens is 314 g/mol. The summed E-state index contributed by atoms with van der Waals surface area (Å²) in [4.78, 5) is 16.5. The average Bonchev–Trinajstić information content (AvgIpc) is 3.28. The fourth-order valence-corrected chi connectivity index (χ4v) is 2.92. The number of aromatic amines is 2. The first-order valence-electron chi connectivity index (χ1n) is 8.34. The molecule has 0 amide bonds. The summed E-state index contributed by atoms with van der Waals surface area (Å²) in [6.07, 6.45) is 10.5. The molecule has 0 spiro atoms. The molecule has 4 N–H and O–H groups in total. The SMILES string of the molecule is CCCCc1cc(-c2c[nH]c3ncc(-c4cn[nH]c4)cc23)nc(N)n1. The predicted molar refractivity (Wildman–Crippen MR) is 97.7 cm³/mol. The number of pyridine rings is 1. The number of nitrogen functional groups attached to an aromatic ring is 1. The monoisotopic (exact) mass is 333 g/mol. The Balaban J connectivity index is 1.81. The number of fused-ring (bicyclic) bond motifs is 1. The lowest BCUT2D eigenvalue weighted by atomic mass is 10.1. The van der Waals surface area contributed by atoms with Crippen LogP contribution >= 0.6 is 0 Å². The maximum atomic E-state index is 5.93. The molecule has 4 aromatic rings.